The number of aromatic nitrogens is 2. The number of H-pyrrole nitrogens is 1. The Morgan fingerprint density at radius 1 is 0.926 bits per heavy atom. The van der Waals surface area contributed by atoms with Crippen molar-refractivity contribution in [3.05, 3.63) is 78.4 Å². The molecule has 4 aromatic rings. The zero-order chi connectivity index (χ0) is 18.8. The quantitative estimate of drug-likeness (QED) is 0.564. The van der Waals surface area contributed by atoms with E-state index in [1.165, 1.54) is 0 Å². The highest BCUT2D eigenvalue weighted by molar-refractivity contribution is 6.04. The monoisotopic (exact) mass is 356 g/mol. The summed E-state index contributed by atoms with van der Waals surface area (Å²) in [6.07, 6.45) is 0. The molecule has 0 spiro atoms. The van der Waals surface area contributed by atoms with E-state index in [4.69, 9.17) is 0 Å². The van der Waals surface area contributed by atoms with Gasteiger partial charge >= 0.3 is 0 Å². The summed E-state index contributed by atoms with van der Waals surface area (Å²) in [6.45, 7) is 0. The molecular formula is C22H20N4O. The number of nitrogens with zero attached hydrogens (tertiary/aromatic N) is 2. The molecule has 3 aromatic carbocycles. The first-order chi connectivity index (χ1) is 13.1. The molecule has 0 saturated heterocycles. The van der Waals surface area contributed by atoms with Gasteiger partial charge in [-0.2, -0.15) is 0 Å². The number of fused-ring (bicyclic) bond motifs is 1. The maximum Gasteiger partial charge on any atom is 0.255 e. The van der Waals surface area contributed by atoms with Crippen LogP contribution in [0, 0.1) is 0 Å². The molecule has 0 unspecified atom stereocenters. The fourth-order valence-corrected chi connectivity index (χ4v) is 2.92. The predicted molar refractivity (Wildman–Crippen MR) is 110 cm³/mol. The number of carbonyl (C=O) groups excluding carboxylic acids is 1. The molecule has 134 valence electrons. The van der Waals surface area contributed by atoms with E-state index in [2.05, 4.69) is 15.3 Å². The number of benzene rings is 3. The van der Waals surface area contributed by atoms with Gasteiger partial charge in [0.2, 0.25) is 0 Å². The van der Waals surface area contributed by atoms with Gasteiger partial charge in [-0.05, 0) is 60.7 Å². The largest absolute Gasteiger partial charge is 0.378 e. The number of imidazole rings is 1. The molecule has 0 aliphatic carbocycles. The molecule has 2 N–H and O–H groups in total. The maximum atomic E-state index is 12.4. The summed E-state index contributed by atoms with van der Waals surface area (Å²) in [5.74, 6) is 0.685. The molecule has 0 aliphatic rings. The van der Waals surface area contributed by atoms with Crippen LogP contribution in [0.2, 0.25) is 0 Å². The van der Waals surface area contributed by atoms with Crippen molar-refractivity contribution in [2.45, 2.75) is 0 Å². The molecule has 0 bridgehead atoms. The Hall–Kier alpha value is -3.60. The third-order valence-electron chi connectivity index (χ3n) is 4.45. The highest BCUT2D eigenvalue weighted by Gasteiger charge is 2.08. The van der Waals surface area contributed by atoms with Crippen LogP contribution in [0.3, 0.4) is 0 Å². The maximum absolute atomic E-state index is 12.4. The Morgan fingerprint density at radius 2 is 1.63 bits per heavy atom. The van der Waals surface area contributed by atoms with Gasteiger partial charge in [-0.1, -0.05) is 12.1 Å². The van der Waals surface area contributed by atoms with Gasteiger partial charge in [0.25, 0.3) is 5.91 Å². The summed E-state index contributed by atoms with van der Waals surface area (Å²) in [6, 6.07) is 23.1. The molecule has 0 radical (unpaired) electrons. The van der Waals surface area contributed by atoms with Crippen molar-refractivity contribution in [3.63, 3.8) is 0 Å². The topological polar surface area (TPSA) is 61.0 Å². The lowest BCUT2D eigenvalue weighted by Gasteiger charge is -2.12. The second-order valence-electron chi connectivity index (χ2n) is 6.58. The van der Waals surface area contributed by atoms with Crippen LogP contribution < -0.4 is 10.2 Å². The molecule has 27 heavy (non-hydrogen) atoms. The molecule has 0 atom stereocenters. The summed E-state index contributed by atoms with van der Waals surface area (Å²) >= 11 is 0. The van der Waals surface area contributed by atoms with Crippen molar-refractivity contribution in [1.29, 1.82) is 0 Å². The number of anilines is 2. The number of para-hydroxylation sites is 2. The van der Waals surface area contributed by atoms with Crippen LogP contribution in [-0.2, 0) is 0 Å². The van der Waals surface area contributed by atoms with Crippen molar-refractivity contribution in [2.75, 3.05) is 24.3 Å². The van der Waals surface area contributed by atoms with Gasteiger partial charge in [-0.3, -0.25) is 4.79 Å². The first-order valence-corrected chi connectivity index (χ1v) is 8.74. The Morgan fingerprint density at radius 3 is 2.30 bits per heavy atom. The van der Waals surface area contributed by atoms with Crippen LogP contribution in [-0.4, -0.2) is 30.0 Å². The van der Waals surface area contributed by atoms with Crippen LogP contribution in [0.1, 0.15) is 10.4 Å². The van der Waals surface area contributed by atoms with Crippen LogP contribution in [0.5, 0.6) is 0 Å². The summed E-state index contributed by atoms with van der Waals surface area (Å²) in [4.78, 5) is 22.3. The lowest BCUT2D eigenvalue weighted by molar-refractivity contribution is 0.102. The van der Waals surface area contributed by atoms with Crippen LogP contribution in [0.15, 0.2) is 72.8 Å². The van der Waals surface area contributed by atoms with Gasteiger partial charge < -0.3 is 15.2 Å². The number of hydrogen-bond donors (Lipinski definition) is 2. The first-order valence-electron chi connectivity index (χ1n) is 8.74. The van der Waals surface area contributed by atoms with Crippen molar-refractivity contribution in [2.24, 2.45) is 0 Å². The molecular weight excluding hydrogens is 336 g/mol. The Kier molecular flexibility index (Phi) is 4.34. The minimum atomic E-state index is -0.128. The molecule has 0 saturated carbocycles. The van der Waals surface area contributed by atoms with Crippen LogP contribution in [0.25, 0.3) is 22.4 Å². The van der Waals surface area contributed by atoms with Gasteiger partial charge in [0.15, 0.2) is 0 Å². The molecule has 1 amide bonds. The van der Waals surface area contributed by atoms with E-state index in [0.717, 1.165) is 33.8 Å². The number of rotatable bonds is 4. The Labute approximate surface area is 157 Å². The van der Waals surface area contributed by atoms with E-state index in [1.54, 1.807) is 0 Å². The van der Waals surface area contributed by atoms with E-state index < -0.39 is 0 Å². The summed E-state index contributed by atoms with van der Waals surface area (Å²) in [5.41, 5.74) is 5.34. The smallest absolute Gasteiger partial charge is 0.255 e. The van der Waals surface area contributed by atoms with Gasteiger partial charge in [0.1, 0.15) is 5.82 Å². The summed E-state index contributed by atoms with van der Waals surface area (Å²) in [5, 5.41) is 2.93. The number of amides is 1. The minimum absolute atomic E-state index is 0.128. The molecule has 5 nitrogen and oxygen atoms in total. The lowest BCUT2D eigenvalue weighted by atomic mass is 10.1. The third kappa shape index (κ3) is 3.53. The molecule has 5 heteroatoms. The van der Waals surface area contributed by atoms with Gasteiger partial charge in [0, 0.05) is 36.6 Å². The highest BCUT2D eigenvalue weighted by atomic mass is 16.1. The van der Waals surface area contributed by atoms with E-state index in [-0.39, 0.29) is 5.91 Å². The average molecular weight is 356 g/mol. The van der Waals surface area contributed by atoms with E-state index in [0.29, 0.717) is 5.56 Å². The Balaban J connectivity index is 1.49. The summed E-state index contributed by atoms with van der Waals surface area (Å²) < 4.78 is 0. The number of carbonyl (C=O) groups is 1. The predicted octanol–water partition coefficient (Wildman–Crippen LogP) is 4.55. The van der Waals surface area contributed by atoms with Crippen molar-refractivity contribution >= 4 is 28.3 Å². The molecule has 1 heterocycles. The second kappa shape index (κ2) is 6.96. The van der Waals surface area contributed by atoms with Crippen LogP contribution in [0.4, 0.5) is 11.4 Å². The number of aromatic amines is 1. The SMILES string of the molecule is CN(C)c1ccc(C(=O)Nc2ccc(-c3nc4ccccc4[nH]3)cc2)cc1. The first kappa shape index (κ1) is 16.8. The fourth-order valence-electron chi connectivity index (χ4n) is 2.92. The molecule has 0 aliphatic heterocycles. The third-order valence-corrected chi connectivity index (χ3v) is 4.45. The zero-order valence-corrected chi connectivity index (χ0v) is 15.2. The number of hydrogen-bond acceptors (Lipinski definition) is 3. The standard InChI is InChI=1S/C22H20N4O/c1-26(2)18-13-9-16(10-14-18)22(27)23-17-11-7-15(8-12-17)21-24-19-5-3-4-6-20(19)25-21/h3-14H,1-2H3,(H,23,27)(H,24,25). The van der Waals surface area contributed by atoms with Gasteiger partial charge in [0.05, 0.1) is 11.0 Å². The minimum Gasteiger partial charge on any atom is -0.378 e. The van der Waals surface area contributed by atoms with Crippen LogP contribution >= 0.6 is 0 Å². The molecule has 4 rings (SSSR count). The molecule has 1 aromatic heterocycles. The highest BCUT2D eigenvalue weighted by Crippen LogP contribution is 2.22. The van der Waals surface area contributed by atoms with E-state index in [1.807, 2.05) is 91.8 Å². The van der Waals surface area contributed by atoms with E-state index >= 15 is 0 Å². The van der Waals surface area contributed by atoms with Gasteiger partial charge in [-0.25, -0.2) is 4.98 Å². The van der Waals surface area contributed by atoms with Crippen molar-refractivity contribution in [3.8, 4) is 11.4 Å². The van der Waals surface area contributed by atoms with Gasteiger partial charge in [-0.15, -0.1) is 0 Å². The van der Waals surface area contributed by atoms with Crippen molar-refractivity contribution < 1.29 is 4.79 Å². The normalized spacial score (nSPS) is 10.7. The van der Waals surface area contributed by atoms with E-state index in [9.17, 15) is 4.79 Å². The number of nitrogens with one attached hydrogen (secondary N) is 2. The summed E-state index contributed by atoms with van der Waals surface area (Å²) in [7, 11) is 3.94. The second-order valence-corrected chi connectivity index (χ2v) is 6.58. The zero-order valence-electron chi connectivity index (χ0n) is 15.2. The average Bonchev–Trinajstić information content (AvgIpc) is 3.13. The fraction of sp³-hybridized carbons (Fsp3) is 0.0909. The van der Waals surface area contributed by atoms with Crippen molar-refractivity contribution in [1.82, 2.24) is 9.97 Å². The lowest BCUT2D eigenvalue weighted by Crippen LogP contribution is -2.13. The molecule has 0 fully saturated rings. The Bertz CT molecular complexity index is 1050.